The standard InChI is InChI=1S/C45H75N3O15/c1-16-32-45(12,54)37(51)28(7)47-40(52)24(3)22-43(10,55-14)38(63-42-36(59-30(9)49)31(21-25(4)57-42)48(13)20-18-19-46)26(5)35(27(6)41(53)60-32)62-34-23-44(11,56-15)39(29(8)58-34)61-33(50)17-2/h17,24-29,31-32,34-39,42,51,54H,2,16,18,20-23H2,1,3-15H3,(H,47,52)/t24-,25-,26+,27-,28-,29+,31+,32-,34+,35+,36-,37-,38-,39+,42+,43-,44-,45-/m1/s1. The summed E-state index contributed by atoms with van der Waals surface area (Å²) >= 11 is 0. The number of nitriles is 1. The lowest BCUT2D eigenvalue weighted by atomic mass is 9.77. The second-order valence-corrected chi connectivity index (χ2v) is 18.4. The van der Waals surface area contributed by atoms with Gasteiger partial charge >= 0.3 is 17.9 Å². The van der Waals surface area contributed by atoms with Crippen LogP contribution in [-0.4, -0.2) is 157 Å². The zero-order valence-electron chi connectivity index (χ0n) is 39.8. The fourth-order valence-corrected chi connectivity index (χ4v) is 9.42. The molecule has 3 heterocycles. The number of hydrogen-bond acceptors (Lipinski definition) is 17. The Kier molecular flexibility index (Phi) is 19.6. The number of carbonyl (C=O) groups excluding carboxylic acids is 4. The van der Waals surface area contributed by atoms with Gasteiger partial charge in [-0.15, -0.1) is 0 Å². The molecule has 0 aromatic heterocycles. The summed E-state index contributed by atoms with van der Waals surface area (Å²) in [4.78, 5) is 55.6. The normalized spacial score (nSPS) is 42.1. The van der Waals surface area contributed by atoms with Gasteiger partial charge in [-0.2, -0.15) is 5.26 Å². The number of rotatable bonds is 13. The van der Waals surface area contributed by atoms with Crippen molar-refractivity contribution in [1.29, 1.82) is 5.26 Å². The summed E-state index contributed by atoms with van der Waals surface area (Å²) in [5.41, 5.74) is -4.52. The van der Waals surface area contributed by atoms with E-state index in [1.54, 1.807) is 55.4 Å². The first-order chi connectivity index (χ1) is 29.3. The van der Waals surface area contributed by atoms with Crippen molar-refractivity contribution in [3.8, 4) is 6.07 Å². The van der Waals surface area contributed by atoms with Crippen molar-refractivity contribution < 1.29 is 72.0 Å². The number of carbonyl (C=O) groups is 4. The van der Waals surface area contributed by atoms with Gasteiger partial charge in [-0.1, -0.05) is 27.4 Å². The molecule has 0 spiro atoms. The van der Waals surface area contributed by atoms with E-state index >= 15 is 0 Å². The van der Waals surface area contributed by atoms with Gasteiger partial charge in [0, 0.05) is 58.4 Å². The van der Waals surface area contributed by atoms with Gasteiger partial charge in [0.2, 0.25) is 5.91 Å². The highest BCUT2D eigenvalue weighted by Gasteiger charge is 2.54. The predicted octanol–water partition coefficient (Wildman–Crippen LogP) is 3.33. The summed E-state index contributed by atoms with van der Waals surface area (Å²) in [7, 11) is 4.78. The number of aliphatic hydroxyl groups excluding tert-OH is 1. The van der Waals surface area contributed by atoms with E-state index in [1.807, 2.05) is 18.9 Å². The molecular weight excluding hydrogens is 823 g/mol. The van der Waals surface area contributed by atoms with Crippen molar-refractivity contribution in [2.24, 2.45) is 17.8 Å². The average molecular weight is 898 g/mol. The van der Waals surface area contributed by atoms with Gasteiger partial charge in [0.05, 0.1) is 54.1 Å². The van der Waals surface area contributed by atoms with E-state index in [9.17, 15) is 34.7 Å². The Balaban J connectivity index is 2.30. The third kappa shape index (κ3) is 13.0. The number of methoxy groups -OCH3 is 2. The summed E-state index contributed by atoms with van der Waals surface area (Å²) in [5.74, 6) is -5.26. The lowest BCUT2D eigenvalue weighted by molar-refractivity contribution is -0.320. The van der Waals surface area contributed by atoms with E-state index in [2.05, 4.69) is 18.0 Å². The number of amides is 1. The maximum Gasteiger partial charge on any atom is 0.330 e. The first-order valence-corrected chi connectivity index (χ1v) is 22.0. The zero-order valence-corrected chi connectivity index (χ0v) is 39.8. The lowest BCUT2D eigenvalue weighted by Crippen LogP contribution is -2.62. The molecule has 360 valence electrons. The van der Waals surface area contributed by atoms with Crippen LogP contribution in [0.3, 0.4) is 0 Å². The van der Waals surface area contributed by atoms with Crippen LogP contribution in [0.4, 0.5) is 0 Å². The van der Waals surface area contributed by atoms with Gasteiger partial charge in [0.25, 0.3) is 0 Å². The molecule has 63 heavy (non-hydrogen) atoms. The highest BCUT2D eigenvalue weighted by molar-refractivity contribution is 5.81. The number of hydrogen-bond donors (Lipinski definition) is 3. The lowest BCUT2D eigenvalue weighted by Gasteiger charge is -2.50. The van der Waals surface area contributed by atoms with Gasteiger partial charge < -0.3 is 58.2 Å². The van der Waals surface area contributed by atoms with Crippen molar-refractivity contribution in [2.75, 3.05) is 27.8 Å². The van der Waals surface area contributed by atoms with E-state index in [4.69, 9.17) is 42.6 Å². The highest BCUT2D eigenvalue weighted by Crippen LogP contribution is 2.42. The molecule has 3 aliphatic heterocycles. The van der Waals surface area contributed by atoms with Crippen LogP contribution in [0.1, 0.15) is 108 Å². The number of nitrogens with zero attached hydrogens (tertiary/aromatic N) is 2. The van der Waals surface area contributed by atoms with E-state index in [-0.39, 0.29) is 25.7 Å². The van der Waals surface area contributed by atoms with E-state index in [1.165, 1.54) is 28.1 Å². The summed E-state index contributed by atoms with van der Waals surface area (Å²) in [6, 6.07) is 0.744. The molecule has 3 N–H and O–H groups in total. The molecule has 0 radical (unpaired) electrons. The fourth-order valence-electron chi connectivity index (χ4n) is 9.42. The molecule has 0 unspecified atom stereocenters. The summed E-state index contributed by atoms with van der Waals surface area (Å²) in [6.45, 7) is 21.9. The van der Waals surface area contributed by atoms with Crippen LogP contribution in [0.25, 0.3) is 0 Å². The first-order valence-electron chi connectivity index (χ1n) is 22.0. The molecule has 0 aromatic carbocycles. The van der Waals surface area contributed by atoms with Crippen LogP contribution in [0.2, 0.25) is 0 Å². The molecule has 1 amide bonds. The smallest absolute Gasteiger partial charge is 0.330 e. The van der Waals surface area contributed by atoms with E-state index in [0.29, 0.717) is 13.0 Å². The molecule has 0 aromatic rings. The maximum absolute atomic E-state index is 14.5. The molecule has 3 saturated heterocycles. The molecule has 3 fully saturated rings. The van der Waals surface area contributed by atoms with Crippen LogP contribution in [0, 0.1) is 29.1 Å². The molecular formula is C45H75N3O15. The number of esters is 3. The Labute approximate surface area is 373 Å². The molecule has 18 heteroatoms. The average Bonchev–Trinajstić information content (AvgIpc) is 3.23. The van der Waals surface area contributed by atoms with Crippen molar-refractivity contribution in [3.63, 3.8) is 0 Å². The van der Waals surface area contributed by atoms with Crippen molar-refractivity contribution in [2.45, 2.75) is 199 Å². The highest BCUT2D eigenvalue weighted by atomic mass is 16.7. The van der Waals surface area contributed by atoms with Crippen LogP contribution < -0.4 is 5.32 Å². The Hall–Kier alpha value is -3.25. The SMILES string of the molecule is C=CC(=O)O[C@H]1[C@H](C)O[C@@H](O[C@H]2[C@H](C)[C@@H](O[C@@H]3O[C@H](C)C[C@H](N(C)CCC#N)[C@H]3OC(C)=O)[C@](C)(OC)C[C@@H](C)C(=O)N[C@H](C)[C@@H](O)[C@](C)(O)[C@@H](CC)OC(=O)[C@@H]2C)C[C@@]1(C)OC. The quantitative estimate of drug-likeness (QED) is 0.137. The molecule has 3 aliphatic rings. The van der Waals surface area contributed by atoms with Gasteiger partial charge in [-0.3, -0.25) is 19.3 Å². The first kappa shape index (κ1) is 54.1. The predicted molar refractivity (Wildman–Crippen MR) is 227 cm³/mol. The van der Waals surface area contributed by atoms with Crippen LogP contribution in [0.15, 0.2) is 12.7 Å². The van der Waals surface area contributed by atoms with Gasteiger partial charge in [-0.25, -0.2) is 4.79 Å². The van der Waals surface area contributed by atoms with Crippen LogP contribution in [-0.2, 0) is 61.8 Å². The minimum Gasteiger partial charge on any atom is -0.459 e. The van der Waals surface area contributed by atoms with Crippen LogP contribution in [0.5, 0.6) is 0 Å². The molecule has 0 aliphatic carbocycles. The van der Waals surface area contributed by atoms with Crippen molar-refractivity contribution in [3.05, 3.63) is 12.7 Å². The third-order valence-corrected chi connectivity index (χ3v) is 13.3. The van der Waals surface area contributed by atoms with Gasteiger partial charge in [-0.05, 0) is 74.8 Å². The molecule has 18 atom stereocenters. The van der Waals surface area contributed by atoms with E-state index < -0.39 is 132 Å². The number of likely N-dealkylation sites (N-methyl/N-ethyl adjacent to an activating group) is 1. The van der Waals surface area contributed by atoms with E-state index in [0.717, 1.165) is 6.08 Å². The van der Waals surface area contributed by atoms with Crippen molar-refractivity contribution in [1.82, 2.24) is 10.2 Å². The second-order valence-electron chi connectivity index (χ2n) is 18.4. The Morgan fingerprint density at radius 1 is 0.984 bits per heavy atom. The number of ether oxygens (including phenoxy) is 9. The Morgan fingerprint density at radius 2 is 1.60 bits per heavy atom. The maximum atomic E-state index is 14.5. The molecule has 18 nitrogen and oxygen atoms in total. The summed E-state index contributed by atoms with van der Waals surface area (Å²) < 4.78 is 56.8. The molecule has 0 bridgehead atoms. The summed E-state index contributed by atoms with van der Waals surface area (Å²) in [6.07, 6.45) is -8.51. The molecule has 0 saturated carbocycles. The Bertz CT molecular complexity index is 1610. The van der Waals surface area contributed by atoms with Gasteiger partial charge in [0.1, 0.15) is 23.4 Å². The zero-order chi connectivity index (χ0) is 47.8. The topological polar surface area (TPSA) is 231 Å². The Morgan fingerprint density at radius 3 is 2.16 bits per heavy atom. The third-order valence-electron chi connectivity index (χ3n) is 13.3. The van der Waals surface area contributed by atoms with Gasteiger partial charge in [0.15, 0.2) is 24.8 Å². The number of nitrogens with one attached hydrogen (secondary N) is 1. The number of aliphatic hydroxyl groups is 2. The number of cyclic esters (lactones) is 1. The second kappa shape index (κ2) is 22.8. The largest absolute Gasteiger partial charge is 0.459 e. The minimum atomic E-state index is -2.01. The van der Waals surface area contributed by atoms with Crippen LogP contribution >= 0.6 is 0 Å². The van der Waals surface area contributed by atoms with Crippen molar-refractivity contribution >= 4 is 23.8 Å². The summed E-state index contributed by atoms with van der Waals surface area (Å²) in [5, 5.41) is 35.4. The molecule has 3 rings (SSSR count). The minimum absolute atomic E-state index is 0.0216. The monoisotopic (exact) mass is 898 g/mol. The fraction of sp³-hybridized carbons (Fsp3) is 0.844.